The summed E-state index contributed by atoms with van der Waals surface area (Å²) in [6, 6.07) is 11.9. The van der Waals surface area contributed by atoms with Crippen LogP contribution in [0.15, 0.2) is 47.4 Å². The highest BCUT2D eigenvalue weighted by Gasteiger charge is 2.25. The number of anilines is 1. The number of halogens is 1. The van der Waals surface area contributed by atoms with Crippen molar-refractivity contribution in [1.29, 1.82) is 0 Å². The summed E-state index contributed by atoms with van der Waals surface area (Å²) in [5, 5.41) is 2.77. The Balaban J connectivity index is 2.13. The van der Waals surface area contributed by atoms with Crippen molar-refractivity contribution in [3.63, 3.8) is 0 Å². The number of hydrogen-bond acceptors (Lipinski definition) is 4. The molecule has 0 atom stereocenters. The van der Waals surface area contributed by atoms with E-state index in [1.54, 1.807) is 19.9 Å². The Hall–Kier alpha value is -2.09. The molecular formula is C20H25ClN2O4S. The summed E-state index contributed by atoms with van der Waals surface area (Å²) in [5.74, 6) is 0.264. The number of benzene rings is 2. The van der Waals surface area contributed by atoms with Gasteiger partial charge in [0.05, 0.1) is 5.02 Å². The summed E-state index contributed by atoms with van der Waals surface area (Å²) in [4.78, 5) is 12.2. The van der Waals surface area contributed by atoms with Gasteiger partial charge in [0, 0.05) is 18.8 Å². The fraction of sp³-hybridized carbons (Fsp3) is 0.350. The molecule has 0 unspecified atom stereocenters. The van der Waals surface area contributed by atoms with Crippen LogP contribution in [0.5, 0.6) is 5.75 Å². The topological polar surface area (TPSA) is 75.7 Å². The summed E-state index contributed by atoms with van der Waals surface area (Å²) < 4.78 is 32.4. The molecule has 8 heteroatoms. The number of carbonyl (C=O) groups excluding carboxylic acids is 1. The van der Waals surface area contributed by atoms with Gasteiger partial charge in [0.2, 0.25) is 10.0 Å². The van der Waals surface area contributed by atoms with E-state index in [9.17, 15) is 13.2 Å². The fourth-order valence-electron chi connectivity index (χ4n) is 2.76. The van der Waals surface area contributed by atoms with Gasteiger partial charge in [-0.05, 0) is 36.2 Å². The predicted octanol–water partition coefficient (Wildman–Crippen LogP) is 3.95. The van der Waals surface area contributed by atoms with Crippen LogP contribution in [-0.4, -0.2) is 38.3 Å². The van der Waals surface area contributed by atoms with Gasteiger partial charge in [0.25, 0.3) is 5.91 Å². The van der Waals surface area contributed by atoms with Crippen molar-refractivity contribution in [3.8, 4) is 5.75 Å². The van der Waals surface area contributed by atoms with Gasteiger partial charge in [-0.2, -0.15) is 4.31 Å². The first-order valence-electron chi connectivity index (χ1n) is 9.13. The van der Waals surface area contributed by atoms with Crippen molar-refractivity contribution in [2.24, 2.45) is 0 Å². The molecule has 6 nitrogen and oxygen atoms in total. The minimum absolute atomic E-state index is 0.0343. The number of hydrogen-bond donors (Lipinski definition) is 1. The lowest BCUT2D eigenvalue weighted by Gasteiger charge is -2.19. The molecule has 0 radical (unpaired) electrons. The molecule has 1 amide bonds. The highest BCUT2D eigenvalue weighted by molar-refractivity contribution is 7.89. The summed E-state index contributed by atoms with van der Waals surface area (Å²) in [6.07, 6.45) is 0.793. The second-order valence-electron chi connectivity index (χ2n) is 6.03. The number of aryl methyl sites for hydroxylation is 1. The van der Waals surface area contributed by atoms with Crippen molar-refractivity contribution in [2.45, 2.75) is 32.1 Å². The molecule has 152 valence electrons. The molecule has 1 N–H and O–H groups in total. The molecule has 0 bridgehead atoms. The van der Waals surface area contributed by atoms with E-state index in [-0.39, 0.29) is 22.4 Å². The van der Waals surface area contributed by atoms with E-state index in [0.717, 1.165) is 12.0 Å². The average molecular weight is 425 g/mol. The maximum absolute atomic E-state index is 12.7. The number of nitrogens with one attached hydrogen (secondary N) is 1. The van der Waals surface area contributed by atoms with Crippen LogP contribution >= 0.6 is 11.6 Å². The molecular weight excluding hydrogens is 400 g/mol. The van der Waals surface area contributed by atoms with Crippen LogP contribution in [-0.2, 0) is 21.2 Å². The zero-order valence-corrected chi connectivity index (χ0v) is 17.8. The minimum atomic E-state index is -3.74. The third-order valence-electron chi connectivity index (χ3n) is 4.25. The van der Waals surface area contributed by atoms with E-state index in [1.165, 1.54) is 16.4 Å². The van der Waals surface area contributed by atoms with Crippen LogP contribution in [0, 0.1) is 0 Å². The smallest absolute Gasteiger partial charge is 0.262 e. The zero-order chi connectivity index (χ0) is 20.7. The Morgan fingerprint density at radius 3 is 2.43 bits per heavy atom. The van der Waals surface area contributed by atoms with Crippen LogP contribution < -0.4 is 10.1 Å². The first-order valence-corrected chi connectivity index (χ1v) is 11.0. The van der Waals surface area contributed by atoms with Gasteiger partial charge < -0.3 is 10.1 Å². The number of para-hydroxylation sites is 1. The normalized spacial score (nSPS) is 11.5. The maximum atomic E-state index is 12.7. The van der Waals surface area contributed by atoms with E-state index in [0.29, 0.717) is 24.5 Å². The lowest BCUT2D eigenvalue weighted by molar-refractivity contribution is -0.118. The Labute approximate surface area is 171 Å². The quantitative estimate of drug-likeness (QED) is 0.661. The number of rotatable bonds is 9. The van der Waals surface area contributed by atoms with Gasteiger partial charge >= 0.3 is 0 Å². The Bertz CT molecular complexity index is 928. The summed E-state index contributed by atoms with van der Waals surface area (Å²) in [5.41, 5.74) is 1.35. The predicted molar refractivity (Wildman–Crippen MR) is 112 cm³/mol. The molecule has 2 rings (SSSR count). The summed E-state index contributed by atoms with van der Waals surface area (Å²) in [7, 11) is -3.74. The SMILES string of the molecule is CCc1ccccc1OCC(=O)Nc1ccc(Cl)c(S(=O)(=O)N(CC)CC)c1. The van der Waals surface area contributed by atoms with E-state index < -0.39 is 10.0 Å². The largest absolute Gasteiger partial charge is 0.483 e. The molecule has 0 spiro atoms. The third-order valence-corrected chi connectivity index (χ3v) is 6.78. The molecule has 0 aliphatic heterocycles. The molecule has 0 aliphatic rings. The second kappa shape index (κ2) is 9.91. The molecule has 2 aromatic carbocycles. The van der Waals surface area contributed by atoms with Crippen LogP contribution in [0.3, 0.4) is 0 Å². The first kappa shape index (κ1) is 22.2. The Morgan fingerprint density at radius 2 is 1.79 bits per heavy atom. The monoisotopic (exact) mass is 424 g/mol. The van der Waals surface area contributed by atoms with Gasteiger partial charge in [-0.1, -0.05) is 50.6 Å². The van der Waals surface area contributed by atoms with Crippen molar-refractivity contribution < 1.29 is 17.9 Å². The Kier molecular flexibility index (Phi) is 7.86. The Morgan fingerprint density at radius 1 is 1.11 bits per heavy atom. The second-order valence-corrected chi connectivity index (χ2v) is 8.35. The van der Waals surface area contributed by atoms with Crippen LogP contribution in [0.4, 0.5) is 5.69 Å². The zero-order valence-electron chi connectivity index (χ0n) is 16.2. The van der Waals surface area contributed by atoms with Crippen molar-refractivity contribution in [1.82, 2.24) is 4.31 Å². The molecule has 0 saturated carbocycles. The number of sulfonamides is 1. The number of amides is 1. The maximum Gasteiger partial charge on any atom is 0.262 e. The van der Waals surface area contributed by atoms with E-state index in [2.05, 4.69) is 5.32 Å². The lowest BCUT2D eigenvalue weighted by atomic mass is 10.1. The molecule has 0 saturated heterocycles. The fourth-order valence-corrected chi connectivity index (χ4v) is 4.72. The van der Waals surface area contributed by atoms with Crippen LogP contribution in [0.2, 0.25) is 5.02 Å². The van der Waals surface area contributed by atoms with E-state index >= 15 is 0 Å². The first-order chi connectivity index (χ1) is 13.3. The summed E-state index contributed by atoms with van der Waals surface area (Å²) in [6.45, 7) is 6.00. The van der Waals surface area contributed by atoms with Gasteiger partial charge in [-0.3, -0.25) is 4.79 Å². The number of nitrogens with zero attached hydrogens (tertiary/aromatic N) is 1. The average Bonchev–Trinajstić information content (AvgIpc) is 2.68. The van der Waals surface area contributed by atoms with Crippen LogP contribution in [0.1, 0.15) is 26.3 Å². The molecule has 0 aromatic heterocycles. The highest BCUT2D eigenvalue weighted by atomic mass is 35.5. The summed E-state index contributed by atoms with van der Waals surface area (Å²) >= 11 is 6.11. The molecule has 0 heterocycles. The van der Waals surface area contributed by atoms with Crippen molar-refractivity contribution in [3.05, 3.63) is 53.1 Å². The number of carbonyl (C=O) groups is 1. The molecule has 28 heavy (non-hydrogen) atoms. The van der Waals surface area contributed by atoms with E-state index in [1.807, 2.05) is 31.2 Å². The lowest BCUT2D eigenvalue weighted by Crippen LogP contribution is -2.31. The standard InChI is InChI=1S/C20H25ClN2O4S/c1-4-15-9-7-8-10-18(15)27-14-20(24)22-16-11-12-17(21)19(13-16)28(25,26)23(5-2)6-3/h7-13H,4-6,14H2,1-3H3,(H,22,24). The van der Waals surface area contributed by atoms with Gasteiger partial charge in [-0.15, -0.1) is 0 Å². The number of ether oxygens (including phenoxy) is 1. The van der Waals surface area contributed by atoms with Gasteiger partial charge in [0.1, 0.15) is 10.6 Å². The van der Waals surface area contributed by atoms with E-state index in [4.69, 9.17) is 16.3 Å². The van der Waals surface area contributed by atoms with Crippen molar-refractivity contribution in [2.75, 3.05) is 25.0 Å². The highest BCUT2D eigenvalue weighted by Crippen LogP contribution is 2.28. The van der Waals surface area contributed by atoms with Crippen LogP contribution in [0.25, 0.3) is 0 Å². The molecule has 0 fully saturated rings. The van der Waals surface area contributed by atoms with Gasteiger partial charge in [0.15, 0.2) is 6.61 Å². The minimum Gasteiger partial charge on any atom is -0.483 e. The molecule has 2 aromatic rings. The third kappa shape index (κ3) is 5.25. The molecule has 0 aliphatic carbocycles. The van der Waals surface area contributed by atoms with Gasteiger partial charge in [-0.25, -0.2) is 8.42 Å². The van der Waals surface area contributed by atoms with Crippen molar-refractivity contribution >= 4 is 33.2 Å².